The minimum Gasteiger partial charge on any atom is -0.379 e. The summed E-state index contributed by atoms with van der Waals surface area (Å²) in [5, 5.41) is 3.37. The zero-order chi connectivity index (χ0) is 10.8. The molecule has 0 aliphatic carbocycles. The third kappa shape index (κ3) is 7.11. The Bertz CT molecular complexity index is 145. The SMILES string of the molecule is FCSCCCNCCN1CCOCC1. The first kappa shape index (κ1) is 13.2. The molecule has 0 atom stereocenters. The van der Waals surface area contributed by atoms with E-state index in [4.69, 9.17) is 4.74 Å². The molecule has 0 saturated carbocycles. The average molecular weight is 236 g/mol. The molecule has 0 radical (unpaired) electrons. The van der Waals surface area contributed by atoms with Crippen LogP contribution in [0.15, 0.2) is 0 Å². The van der Waals surface area contributed by atoms with Gasteiger partial charge in [-0.15, -0.1) is 11.8 Å². The largest absolute Gasteiger partial charge is 0.379 e. The number of ether oxygens (including phenoxy) is 1. The summed E-state index contributed by atoms with van der Waals surface area (Å²) in [4.78, 5) is 2.41. The Hall–Kier alpha value is 0.160. The van der Waals surface area contributed by atoms with Crippen molar-refractivity contribution in [2.24, 2.45) is 0 Å². The molecule has 0 bridgehead atoms. The summed E-state index contributed by atoms with van der Waals surface area (Å²) in [7, 11) is 0. The molecule has 1 fully saturated rings. The maximum Gasteiger partial charge on any atom is 0.135 e. The molecule has 90 valence electrons. The number of halogens is 1. The molecule has 0 amide bonds. The van der Waals surface area contributed by atoms with Gasteiger partial charge in [-0.3, -0.25) is 4.90 Å². The third-order valence-electron chi connectivity index (χ3n) is 2.43. The third-order valence-corrected chi connectivity index (χ3v) is 3.16. The molecule has 5 heteroatoms. The highest BCUT2D eigenvalue weighted by molar-refractivity contribution is 7.99. The van der Waals surface area contributed by atoms with Crippen molar-refractivity contribution in [1.82, 2.24) is 10.2 Å². The molecule has 0 unspecified atom stereocenters. The van der Waals surface area contributed by atoms with E-state index in [-0.39, 0.29) is 6.01 Å². The Morgan fingerprint density at radius 3 is 2.80 bits per heavy atom. The van der Waals surface area contributed by atoms with Gasteiger partial charge in [-0.25, -0.2) is 4.39 Å². The maximum atomic E-state index is 11.7. The zero-order valence-corrected chi connectivity index (χ0v) is 10.0. The molecule has 0 aromatic carbocycles. The second-order valence-electron chi connectivity index (χ2n) is 3.57. The average Bonchev–Trinajstić information content (AvgIpc) is 2.29. The number of hydrogen-bond donors (Lipinski definition) is 1. The van der Waals surface area contributed by atoms with Gasteiger partial charge >= 0.3 is 0 Å². The Balaban J connectivity index is 1.79. The van der Waals surface area contributed by atoms with E-state index in [2.05, 4.69) is 10.2 Å². The topological polar surface area (TPSA) is 24.5 Å². The highest BCUT2D eigenvalue weighted by atomic mass is 32.2. The molecule has 0 aromatic heterocycles. The van der Waals surface area contributed by atoms with Crippen LogP contribution < -0.4 is 5.32 Å². The lowest BCUT2D eigenvalue weighted by Crippen LogP contribution is -2.40. The van der Waals surface area contributed by atoms with E-state index in [1.165, 1.54) is 11.8 Å². The molecule has 1 aliphatic rings. The first-order chi connectivity index (χ1) is 7.43. The monoisotopic (exact) mass is 236 g/mol. The van der Waals surface area contributed by atoms with E-state index in [0.29, 0.717) is 0 Å². The normalized spacial score (nSPS) is 18.2. The van der Waals surface area contributed by atoms with E-state index in [1.807, 2.05) is 0 Å². The maximum absolute atomic E-state index is 11.7. The Labute approximate surface area is 95.7 Å². The minimum absolute atomic E-state index is 0.256. The highest BCUT2D eigenvalue weighted by Crippen LogP contribution is 2.00. The Morgan fingerprint density at radius 2 is 2.07 bits per heavy atom. The number of nitrogens with one attached hydrogen (secondary N) is 1. The number of thioether (sulfide) groups is 1. The lowest BCUT2D eigenvalue weighted by molar-refractivity contribution is 0.0384. The molecular formula is C10H21FN2OS. The summed E-state index contributed by atoms with van der Waals surface area (Å²) in [6.07, 6.45) is 1.05. The van der Waals surface area contributed by atoms with Crippen LogP contribution in [0.1, 0.15) is 6.42 Å². The van der Waals surface area contributed by atoms with Crippen LogP contribution in [-0.4, -0.2) is 62.6 Å². The van der Waals surface area contributed by atoms with Gasteiger partial charge in [-0.05, 0) is 18.7 Å². The molecule has 1 saturated heterocycles. The molecule has 0 aromatic rings. The second-order valence-corrected chi connectivity index (χ2v) is 4.61. The van der Waals surface area contributed by atoms with Crippen molar-refractivity contribution in [1.29, 1.82) is 0 Å². The number of morpholine rings is 1. The molecule has 1 heterocycles. The lowest BCUT2D eigenvalue weighted by Gasteiger charge is -2.26. The molecule has 1 N–H and O–H groups in total. The number of rotatable bonds is 8. The van der Waals surface area contributed by atoms with Gasteiger partial charge in [0.1, 0.15) is 6.01 Å². The summed E-state index contributed by atoms with van der Waals surface area (Å²) < 4.78 is 17.0. The quantitative estimate of drug-likeness (QED) is 0.634. The van der Waals surface area contributed by atoms with Crippen molar-refractivity contribution < 1.29 is 9.13 Å². The van der Waals surface area contributed by atoms with Gasteiger partial charge in [0.25, 0.3) is 0 Å². The van der Waals surface area contributed by atoms with Gasteiger partial charge in [-0.1, -0.05) is 0 Å². The highest BCUT2D eigenvalue weighted by Gasteiger charge is 2.08. The van der Waals surface area contributed by atoms with Crippen LogP contribution in [0.2, 0.25) is 0 Å². The van der Waals surface area contributed by atoms with E-state index in [1.54, 1.807) is 0 Å². The number of hydrogen-bond acceptors (Lipinski definition) is 4. The van der Waals surface area contributed by atoms with Crippen molar-refractivity contribution in [3.63, 3.8) is 0 Å². The fourth-order valence-corrected chi connectivity index (χ4v) is 2.00. The van der Waals surface area contributed by atoms with Crippen LogP contribution in [0, 0.1) is 0 Å². The van der Waals surface area contributed by atoms with Crippen LogP contribution in [0.4, 0.5) is 4.39 Å². The van der Waals surface area contributed by atoms with Crippen LogP contribution in [0.5, 0.6) is 0 Å². The molecule has 1 rings (SSSR count). The van der Waals surface area contributed by atoms with Gasteiger partial charge in [-0.2, -0.15) is 0 Å². The standard InChI is InChI=1S/C10H21FN2OS/c11-10-15-9-1-2-12-3-4-13-5-7-14-8-6-13/h12H,1-10H2. The van der Waals surface area contributed by atoms with Gasteiger partial charge in [0.05, 0.1) is 13.2 Å². The molecule has 1 aliphatic heterocycles. The summed E-state index contributed by atoms with van der Waals surface area (Å²) in [5.41, 5.74) is 0. The number of nitrogens with zero attached hydrogens (tertiary/aromatic N) is 1. The molecule has 3 nitrogen and oxygen atoms in total. The van der Waals surface area contributed by atoms with E-state index in [9.17, 15) is 4.39 Å². The first-order valence-corrected chi connectivity index (χ1v) is 6.73. The van der Waals surface area contributed by atoms with E-state index in [0.717, 1.165) is 58.1 Å². The fourth-order valence-electron chi connectivity index (χ4n) is 1.54. The predicted octanol–water partition coefficient (Wildman–Crippen LogP) is 0.958. The first-order valence-electron chi connectivity index (χ1n) is 5.58. The van der Waals surface area contributed by atoms with Crippen LogP contribution in [0.25, 0.3) is 0 Å². The zero-order valence-electron chi connectivity index (χ0n) is 9.21. The lowest BCUT2D eigenvalue weighted by atomic mass is 10.4. The number of alkyl halides is 1. The van der Waals surface area contributed by atoms with E-state index < -0.39 is 0 Å². The second kappa shape index (κ2) is 9.39. The van der Waals surface area contributed by atoms with E-state index >= 15 is 0 Å². The smallest absolute Gasteiger partial charge is 0.135 e. The van der Waals surface area contributed by atoms with Gasteiger partial charge < -0.3 is 10.1 Å². The van der Waals surface area contributed by atoms with Crippen molar-refractivity contribution in [3.8, 4) is 0 Å². The fraction of sp³-hybridized carbons (Fsp3) is 1.00. The summed E-state index contributed by atoms with van der Waals surface area (Å²) >= 11 is 1.36. The minimum atomic E-state index is -0.256. The molecule has 15 heavy (non-hydrogen) atoms. The van der Waals surface area contributed by atoms with Gasteiger partial charge in [0.15, 0.2) is 0 Å². The molecular weight excluding hydrogens is 215 g/mol. The Morgan fingerprint density at radius 1 is 1.27 bits per heavy atom. The Kier molecular flexibility index (Phi) is 8.28. The summed E-state index contributed by atoms with van der Waals surface area (Å²) in [6.45, 7) is 6.97. The van der Waals surface area contributed by atoms with Crippen LogP contribution in [0.3, 0.4) is 0 Å². The van der Waals surface area contributed by atoms with Crippen molar-refractivity contribution in [2.75, 3.05) is 57.7 Å². The summed E-state index contributed by atoms with van der Waals surface area (Å²) in [6, 6.07) is -0.256. The predicted molar refractivity (Wildman–Crippen MR) is 63.2 cm³/mol. The van der Waals surface area contributed by atoms with Crippen LogP contribution >= 0.6 is 11.8 Å². The van der Waals surface area contributed by atoms with Crippen molar-refractivity contribution >= 4 is 11.8 Å². The summed E-state index contributed by atoms with van der Waals surface area (Å²) in [5.74, 6) is 0.918. The van der Waals surface area contributed by atoms with Gasteiger partial charge in [0.2, 0.25) is 0 Å². The molecule has 0 spiro atoms. The van der Waals surface area contributed by atoms with Crippen LogP contribution in [-0.2, 0) is 4.74 Å². The van der Waals surface area contributed by atoms with Gasteiger partial charge in [0, 0.05) is 26.2 Å². The van der Waals surface area contributed by atoms with Crippen molar-refractivity contribution in [2.45, 2.75) is 6.42 Å². The van der Waals surface area contributed by atoms with Crippen molar-refractivity contribution in [3.05, 3.63) is 0 Å².